The van der Waals surface area contributed by atoms with Crippen molar-refractivity contribution in [2.24, 2.45) is 11.8 Å². The van der Waals surface area contributed by atoms with Crippen molar-refractivity contribution in [3.05, 3.63) is 105 Å². The third-order valence-electron chi connectivity index (χ3n) is 7.71. The summed E-state index contributed by atoms with van der Waals surface area (Å²) in [7, 11) is 0. The van der Waals surface area contributed by atoms with Gasteiger partial charge in [-0.25, -0.2) is 4.79 Å². The van der Waals surface area contributed by atoms with E-state index in [1.165, 1.54) is 6.92 Å². The molecular formula is C28H19Cl4NO4. The van der Waals surface area contributed by atoms with Gasteiger partial charge in [0.25, 0.3) is 0 Å². The molecule has 3 atom stereocenters. The average Bonchev–Trinajstić information content (AvgIpc) is 3.18. The smallest absolute Gasteiger partial charge is 0.329 e. The summed E-state index contributed by atoms with van der Waals surface area (Å²) in [5, 5.41) is 0.703. The van der Waals surface area contributed by atoms with Crippen LogP contribution in [0.3, 0.4) is 0 Å². The van der Waals surface area contributed by atoms with Gasteiger partial charge in [0.15, 0.2) is 0 Å². The highest BCUT2D eigenvalue weighted by atomic mass is 35.5. The minimum atomic E-state index is -1.31. The van der Waals surface area contributed by atoms with Crippen LogP contribution in [0, 0.1) is 11.8 Å². The fourth-order valence-corrected chi connectivity index (χ4v) is 7.50. The van der Waals surface area contributed by atoms with E-state index in [1.54, 1.807) is 18.2 Å². The molecular weight excluding hydrogens is 556 g/mol. The Morgan fingerprint density at radius 1 is 0.838 bits per heavy atom. The number of amides is 2. The largest absolute Gasteiger partial charge is 0.459 e. The number of rotatable bonds is 4. The molecule has 0 unspecified atom stereocenters. The van der Waals surface area contributed by atoms with Crippen LogP contribution in [-0.2, 0) is 35.5 Å². The van der Waals surface area contributed by atoms with Gasteiger partial charge in [-0.1, -0.05) is 77.8 Å². The Morgan fingerprint density at radius 2 is 1.30 bits per heavy atom. The second kappa shape index (κ2) is 8.47. The zero-order valence-electron chi connectivity index (χ0n) is 19.4. The summed E-state index contributed by atoms with van der Waals surface area (Å²) in [5.41, 5.74) is 3.41. The Hall–Kier alpha value is -2.57. The lowest BCUT2D eigenvalue weighted by Gasteiger charge is -2.54. The van der Waals surface area contributed by atoms with Gasteiger partial charge in [-0.15, -0.1) is 23.2 Å². The minimum Gasteiger partial charge on any atom is -0.459 e. The number of nitrogens with zero attached hydrogens (tertiary/aromatic N) is 1. The summed E-state index contributed by atoms with van der Waals surface area (Å²) in [6, 6.07) is 18.4. The average molecular weight is 575 g/mol. The number of esters is 1. The summed E-state index contributed by atoms with van der Waals surface area (Å²) in [4.78, 5) is 39.3. The lowest BCUT2D eigenvalue weighted by Crippen LogP contribution is -2.57. The number of benzene rings is 3. The van der Waals surface area contributed by atoms with Crippen LogP contribution < -0.4 is 0 Å². The summed E-state index contributed by atoms with van der Waals surface area (Å²) < 4.78 is 5.44. The van der Waals surface area contributed by atoms with Crippen LogP contribution in [0.5, 0.6) is 0 Å². The number of carbonyl (C=O) groups is 3. The molecule has 5 nitrogen and oxygen atoms in total. The van der Waals surface area contributed by atoms with Gasteiger partial charge in [-0.2, -0.15) is 0 Å². The quantitative estimate of drug-likeness (QED) is 0.217. The molecule has 0 saturated carbocycles. The maximum atomic E-state index is 13.9. The van der Waals surface area contributed by atoms with Crippen molar-refractivity contribution in [3.8, 4) is 0 Å². The van der Waals surface area contributed by atoms with Gasteiger partial charge in [0, 0.05) is 0 Å². The number of halogens is 4. The van der Waals surface area contributed by atoms with E-state index < -0.39 is 45.4 Å². The topological polar surface area (TPSA) is 63.7 Å². The lowest BCUT2D eigenvalue weighted by molar-refractivity contribution is -0.159. The standard InChI is InChI=1S/C28H19Cl4NO4/c1-14(26(36)37-13-15-10-11-20(29)21(30)12-15)33-24(34)22-23(25(33)35)28(32)17-7-3-2-6-16(17)27(22,31)18-8-4-5-9-19(18)28/h2-12,14,22-23H,13H2,1H3/t14-,22-,23+,27?,28?/m1/s1. The normalized spacial score (nSPS) is 28.0. The first-order valence-corrected chi connectivity index (χ1v) is 13.2. The van der Waals surface area contributed by atoms with Crippen molar-refractivity contribution in [2.75, 3.05) is 0 Å². The summed E-state index contributed by atoms with van der Waals surface area (Å²) in [5.74, 6) is -3.78. The molecule has 3 aromatic carbocycles. The second-order valence-corrected chi connectivity index (χ2v) is 11.6. The molecule has 0 N–H and O–H groups in total. The summed E-state index contributed by atoms with van der Waals surface area (Å²) >= 11 is 26.8. The van der Waals surface area contributed by atoms with Crippen molar-refractivity contribution >= 4 is 64.2 Å². The number of ether oxygens (including phenoxy) is 1. The Kier molecular flexibility index (Phi) is 5.67. The van der Waals surface area contributed by atoms with Crippen LogP contribution in [0.25, 0.3) is 0 Å². The molecule has 2 amide bonds. The van der Waals surface area contributed by atoms with E-state index in [9.17, 15) is 14.4 Å². The molecule has 1 fully saturated rings. The molecule has 2 bridgehead atoms. The van der Waals surface area contributed by atoms with Crippen molar-refractivity contribution in [2.45, 2.75) is 29.3 Å². The summed E-state index contributed by atoms with van der Waals surface area (Å²) in [6.45, 7) is 1.37. The minimum absolute atomic E-state index is 0.0983. The number of likely N-dealkylation sites (tertiary alicyclic amines) is 1. The zero-order valence-corrected chi connectivity index (χ0v) is 22.4. The second-order valence-electron chi connectivity index (χ2n) is 9.55. The molecule has 0 spiro atoms. The molecule has 1 heterocycles. The van der Waals surface area contributed by atoms with E-state index in [0.29, 0.717) is 37.9 Å². The first-order chi connectivity index (χ1) is 17.6. The number of alkyl halides is 2. The SMILES string of the molecule is C[C@H](C(=O)OCc1ccc(Cl)c(Cl)c1)N1C(=O)[C@@H]2[C@H](C1=O)C1(Cl)c3ccccc3C2(Cl)c2ccccc21. The number of carbonyl (C=O) groups excluding carboxylic acids is 3. The van der Waals surface area contributed by atoms with E-state index >= 15 is 0 Å². The van der Waals surface area contributed by atoms with Gasteiger partial charge in [0.1, 0.15) is 22.4 Å². The van der Waals surface area contributed by atoms with Crippen LogP contribution in [-0.4, -0.2) is 28.7 Å². The first kappa shape index (κ1) is 24.7. The zero-order chi connectivity index (χ0) is 26.3. The molecule has 3 aromatic rings. The summed E-state index contributed by atoms with van der Waals surface area (Å²) in [6.07, 6.45) is 0. The molecule has 188 valence electrons. The maximum absolute atomic E-state index is 13.9. The van der Waals surface area contributed by atoms with Crippen molar-refractivity contribution < 1.29 is 19.1 Å². The monoisotopic (exact) mass is 573 g/mol. The highest BCUT2D eigenvalue weighted by molar-refractivity contribution is 6.42. The molecule has 4 aliphatic rings. The highest BCUT2D eigenvalue weighted by Crippen LogP contribution is 2.69. The van der Waals surface area contributed by atoms with E-state index in [0.717, 1.165) is 4.90 Å². The van der Waals surface area contributed by atoms with Gasteiger partial charge in [-0.05, 0) is 46.9 Å². The Balaban J connectivity index is 1.37. The fourth-order valence-electron chi connectivity index (χ4n) is 6.08. The molecule has 0 radical (unpaired) electrons. The number of imide groups is 1. The van der Waals surface area contributed by atoms with Crippen molar-refractivity contribution in [3.63, 3.8) is 0 Å². The predicted octanol–water partition coefficient (Wildman–Crippen LogP) is 6.02. The highest BCUT2D eigenvalue weighted by Gasteiger charge is 2.73. The Morgan fingerprint density at radius 3 is 1.73 bits per heavy atom. The van der Waals surface area contributed by atoms with Crippen LogP contribution >= 0.6 is 46.4 Å². The van der Waals surface area contributed by atoms with Crippen molar-refractivity contribution in [1.82, 2.24) is 4.90 Å². The van der Waals surface area contributed by atoms with E-state index in [2.05, 4.69) is 0 Å². The van der Waals surface area contributed by atoms with Gasteiger partial charge in [0.2, 0.25) is 11.8 Å². The fraction of sp³-hybridized carbons (Fsp3) is 0.250. The van der Waals surface area contributed by atoms with E-state index in [4.69, 9.17) is 51.1 Å². The van der Waals surface area contributed by atoms with Gasteiger partial charge in [-0.3, -0.25) is 14.5 Å². The number of hydrogen-bond donors (Lipinski definition) is 0. The van der Waals surface area contributed by atoms with E-state index in [1.807, 2.05) is 48.5 Å². The van der Waals surface area contributed by atoms with Gasteiger partial charge in [0.05, 0.1) is 21.9 Å². The molecule has 7 rings (SSSR count). The predicted molar refractivity (Wildman–Crippen MR) is 141 cm³/mol. The van der Waals surface area contributed by atoms with Crippen LogP contribution in [0.2, 0.25) is 10.0 Å². The Labute approximate surface area is 233 Å². The molecule has 1 saturated heterocycles. The molecule has 9 heteroatoms. The van der Waals surface area contributed by atoms with Crippen LogP contribution in [0.15, 0.2) is 66.7 Å². The van der Waals surface area contributed by atoms with E-state index in [-0.39, 0.29) is 6.61 Å². The lowest BCUT2D eigenvalue weighted by atomic mass is 9.54. The Bertz CT molecular complexity index is 1380. The van der Waals surface area contributed by atoms with Gasteiger partial charge < -0.3 is 4.74 Å². The van der Waals surface area contributed by atoms with Crippen molar-refractivity contribution in [1.29, 1.82) is 0 Å². The molecule has 3 aliphatic carbocycles. The third-order valence-corrected chi connectivity index (χ3v) is 9.74. The number of hydrogen-bond acceptors (Lipinski definition) is 4. The van der Waals surface area contributed by atoms with Crippen LogP contribution in [0.4, 0.5) is 0 Å². The van der Waals surface area contributed by atoms with Gasteiger partial charge >= 0.3 is 5.97 Å². The first-order valence-electron chi connectivity index (χ1n) is 11.7. The molecule has 37 heavy (non-hydrogen) atoms. The third kappa shape index (κ3) is 3.21. The molecule has 0 aromatic heterocycles. The molecule has 1 aliphatic heterocycles. The van der Waals surface area contributed by atoms with Crippen LogP contribution in [0.1, 0.15) is 34.7 Å². The maximum Gasteiger partial charge on any atom is 0.329 e.